The van der Waals surface area contributed by atoms with Gasteiger partial charge in [0, 0.05) is 32.6 Å². The van der Waals surface area contributed by atoms with Gasteiger partial charge in [0.15, 0.2) is 0 Å². The molecule has 0 spiro atoms. The monoisotopic (exact) mass is 496 g/mol. The third-order valence-corrected chi connectivity index (χ3v) is 8.69. The molecule has 9 heteroatoms. The van der Waals surface area contributed by atoms with Gasteiger partial charge in [-0.25, -0.2) is 0 Å². The highest BCUT2D eigenvalue weighted by atomic mass is 16.6. The molecule has 2 fully saturated rings. The van der Waals surface area contributed by atoms with Crippen molar-refractivity contribution in [1.82, 2.24) is 0 Å². The zero-order chi connectivity index (χ0) is 26.5. The molecule has 2 bridgehead atoms. The minimum atomic E-state index is -1.92. The standard InChI is InChI=1S/C26H40O9/c1-13-18(30)10-17-22(35-16(4)29)23-25(7,9-8-20(31)26(23,32)12-33-14(2)27)11-19(34-15(3)28)21(13)24(17,5)6/h17-20,22-23,30-32H,8-12H2,1-7H3/t17?,18-,19-,20-,22+,23?,25-,26-/m0/s1. The van der Waals surface area contributed by atoms with Crippen LogP contribution in [-0.2, 0) is 28.6 Å². The van der Waals surface area contributed by atoms with Crippen LogP contribution in [-0.4, -0.2) is 69.9 Å². The molecule has 8 atom stereocenters. The number of fused-ring (bicyclic) bond motifs is 3. The second-order valence-electron chi connectivity index (χ2n) is 11.5. The van der Waals surface area contributed by atoms with Crippen molar-refractivity contribution in [2.24, 2.45) is 22.7 Å². The molecule has 0 aromatic rings. The summed E-state index contributed by atoms with van der Waals surface area (Å²) in [5.74, 6) is -2.97. The fourth-order valence-electron chi connectivity index (χ4n) is 7.21. The topological polar surface area (TPSA) is 140 Å². The van der Waals surface area contributed by atoms with Gasteiger partial charge in [-0.05, 0) is 54.6 Å². The molecule has 2 saturated carbocycles. The Morgan fingerprint density at radius 2 is 1.60 bits per heavy atom. The zero-order valence-corrected chi connectivity index (χ0v) is 21.8. The van der Waals surface area contributed by atoms with E-state index in [1.807, 2.05) is 27.7 Å². The van der Waals surface area contributed by atoms with E-state index in [1.165, 1.54) is 20.8 Å². The van der Waals surface area contributed by atoms with Crippen LogP contribution in [0, 0.1) is 22.7 Å². The van der Waals surface area contributed by atoms with Crippen LogP contribution in [0.5, 0.6) is 0 Å². The van der Waals surface area contributed by atoms with E-state index in [4.69, 9.17) is 14.2 Å². The number of hydrogen-bond donors (Lipinski definition) is 3. The number of ether oxygens (including phenoxy) is 3. The first-order chi connectivity index (χ1) is 16.0. The van der Waals surface area contributed by atoms with Crippen LogP contribution < -0.4 is 0 Å². The Kier molecular flexibility index (Phi) is 7.48. The van der Waals surface area contributed by atoms with Gasteiger partial charge in [-0.15, -0.1) is 0 Å². The zero-order valence-electron chi connectivity index (χ0n) is 21.8. The Morgan fingerprint density at radius 3 is 2.14 bits per heavy atom. The number of rotatable bonds is 4. The quantitative estimate of drug-likeness (QED) is 0.303. The summed E-state index contributed by atoms with van der Waals surface area (Å²) in [7, 11) is 0. The van der Waals surface area contributed by atoms with Gasteiger partial charge in [-0.3, -0.25) is 14.4 Å². The Morgan fingerprint density at radius 1 is 1.00 bits per heavy atom. The Balaban J connectivity index is 2.30. The van der Waals surface area contributed by atoms with E-state index in [2.05, 4.69) is 0 Å². The van der Waals surface area contributed by atoms with Gasteiger partial charge in [0.2, 0.25) is 0 Å². The lowest BCUT2D eigenvalue weighted by Gasteiger charge is -2.61. The van der Waals surface area contributed by atoms with Gasteiger partial charge in [-0.2, -0.15) is 0 Å². The minimum absolute atomic E-state index is 0.221. The maximum Gasteiger partial charge on any atom is 0.303 e. The predicted octanol–water partition coefficient (Wildman–Crippen LogP) is 2.05. The van der Waals surface area contributed by atoms with Gasteiger partial charge in [0.1, 0.15) is 24.4 Å². The van der Waals surface area contributed by atoms with Gasteiger partial charge >= 0.3 is 17.9 Å². The van der Waals surface area contributed by atoms with Crippen molar-refractivity contribution >= 4 is 17.9 Å². The molecule has 198 valence electrons. The molecule has 3 N–H and O–H groups in total. The van der Waals surface area contributed by atoms with Crippen molar-refractivity contribution in [2.45, 2.75) is 104 Å². The fraction of sp³-hybridized carbons (Fsp3) is 0.808. The maximum atomic E-state index is 12.4. The van der Waals surface area contributed by atoms with Crippen molar-refractivity contribution < 1.29 is 43.9 Å². The molecule has 0 saturated heterocycles. The molecule has 3 aliphatic carbocycles. The molecule has 0 radical (unpaired) electrons. The number of carbonyl (C=O) groups is 3. The van der Waals surface area contributed by atoms with E-state index in [0.29, 0.717) is 6.42 Å². The van der Waals surface area contributed by atoms with E-state index in [0.717, 1.165) is 11.1 Å². The van der Waals surface area contributed by atoms with E-state index in [9.17, 15) is 29.7 Å². The van der Waals surface area contributed by atoms with E-state index in [1.54, 1.807) is 0 Å². The molecule has 0 amide bonds. The molecule has 35 heavy (non-hydrogen) atoms. The van der Waals surface area contributed by atoms with Gasteiger partial charge in [-0.1, -0.05) is 20.8 Å². The van der Waals surface area contributed by atoms with Crippen LogP contribution in [0.2, 0.25) is 0 Å². The third-order valence-electron chi connectivity index (χ3n) is 8.69. The summed E-state index contributed by atoms with van der Waals surface area (Å²) in [4.78, 5) is 36.2. The smallest absolute Gasteiger partial charge is 0.303 e. The first kappa shape index (κ1) is 27.6. The van der Waals surface area contributed by atoms with E-state index in [-0.39, 0.29) is 19.3 Å². The molecule has 0 aliphatic heterocycles. The summed E-state index contributed by atoms with van der Waals surface area (Å²) >= 11 is 0. The summed E-state index contributed by atoms with van der Waals surface area (Å²) in [6.45, 7) is 11.0. The molecule has 0 heterocycles. The summed E-state index contributed by atoms with van der Waals surface area (Å²) in [6.07, 6.45) is -2.48. The van der Waals surface area contributed by atoms with Crippen LogP contribution >= 0.6 is 0 Å². The summed E-state index contributed by atoms with van der Waals surface area (Å²) in [5.41, 5.74) is -1.85. The molecule has 0 aromatic heterocycles. The highest BCUT2D eigenvalue weighted by molar-refractivity contribution is 5.67. The fourth-order valence-corrected chi connectivity index (χ4v) is 7.21. The Hall–Kier alpha value is -1.97. The van der Waals surface area contributed by atoms with E-state index < -0.39 is 77.2 Å². The summed E-state index contributed by atoms with van der Waals surface area (Å²) in [5, 5.41) is 34.1. The number of esters is 3. The molecular weight excluding hydrogens is 456 g/mol. The summed E-state index contributed by atoms with van der Waals surface area (Å²) < 4.78 is 17.0. The highest BCUT2D eigenvalue weighted by Gasteiger charge is 2.65. The number of hydrogen-bond acceptors (Lipinski definition) is 9. The Bertz CT molecular complexity index is 908. The van der Waals surface area contributed by atoms with Crippen LogP contribution in [0.1, 0.15) is 74.1 Å². The predicted molar refractivity (Wildman–Crippen MR) is 125 cm³/mol. The summed E-state index contributed by atoms with van der Waals surface area (Å²) in [6, 6.07) is 0. The molecule has 3 rings (SSSR count). The largest absolute Gasteiger partial charge is 0.463 e. The lowest BCUT2D eigenvalue weighted by molar-refractivity contribution is -0.252. The van der Waals surface area contributed by atoms with Crippen LogP contribution in [0.3, 0.4) is 0 Å². The Labute approximate surface area is 206 Å². The highest BCUT2D eigenvalue weighted by Crippen LogP contribution is 2.61. The van der Waals surface area contributed by atoms with Crippen molar-refractivity contribution in [3.63, 3.8) is 0 Å². The molecule has 0 aromatic carbocycles. The van der Waals surface area contributed by atoms with Gasteiger partial charge in [0.25, 0.3) is 0 Å². The molecule has 2 unspecified atom stereocenters. The second kappa shape index (κ2) is 9.48. The number of aliphatic hydroxyl groups excluding tert-OH is 2. The number of carbonyl (C=O) groups excluding carboxylic acids is 3. The lowest BCUT2D eigenvalue weighted by atomic mass is 9.48. The molecule has 3 aliphatic rings. The number of aliphatic hydroxyl groups is 3. The van der Waals surface area contributed by atoms with Gasteiger partial charge in [0.05, 0.1) is 12.2 Å². The SMILES string of the molecule is CC(=O)OC[C@@]1(O)C2[C@H](OC(C)=O)C3C[C@H](O)C(C)=C([C@@H](OC(C)=O)C[C@]2(C)CC[C@@H]1O)C3(C)C. The first-order valence-electron chi connectivity index (χ1n) is 12.3. The average molecular weight is 497 g/mol. The minimum Gasteiger partial charge on any atom is -0.463 e. The maximum absolute atomic E-state index is 12.4. The molecular formula is C26H40O9. The van der Waals surface area contributed by atoms with Crippen LogP contribution in [0.25, 0.3) is 0 Å². The van der Waals surface area contributed by atoms with Crippen molar-refractivity contribution in [3.8, 4) is 0 Å². The van der Waals surface area contributed by atoms with Gasteiger partial charge < -0.3 is 29.5 Å². The molecule has 9 nitrogen and oxygen atoms in total. The van der Waals surface area contributed by atoms with Crippen LogP contribution in [0.4, 0.5) is 0 Å². The van der Waals surface area contributed by atoms with Crippen LogP contribution in [0.15, 0.2) is 11.1 Å². The first-order valence-corrected chi connectivity index (χ1v) is 12.3. The van der Waals surface area contributed by atoms with Crippen molar-refractivity contribution in [2.75, 3.05) is 6.61 Å². The average Bonchev–Trinajstić information content (AvgIpc) is 2.70. The van der Waals surface area contributed by atoms with Crippen molar-refractivity contribution in [1.29, 1.82) is 0 Å². The third kappa shape index (κ3) is 4.87. The second-order valence-corrected chi connectivity index (χ2v) is 11.5. The van der Waals surface area contributed by atoms with Crippen molar-refractivity contribution in [3.05, 3.63) is 11.1 Å². The van der Waals surface area contributed by atoms with E-state index >= 15 is 0 Å². The normalized spacial score (nSPS) is 40.6. The lowest BCUT2D eigenvalue weighted by Crippen LogP contribution is -2.68.